The van der Waals surface area contributed by atoms with Crippen molar-refractivity contribution in [3.8, 4) is 0 Å². The maximum absolute atomic E-state index is 4.85. The zero-order valence-electron chi connectivity index (χ0n) is 13.7. The van der Waals surface area contributed by atoms with Gasteiger partial charge in [-0.2, -0.15) is 0 Å². The third kappa shape index (κ3) is 4.15. The Morgan fingerprint density at radius 2 is 2.00 bits per heavy atom. The van der Waals surface area contributed by atoms with E-state index in [1.807, 2.05) is 11.3 Å². The fourth-order valence-corrected chi connectivity index (χ4v) is 4.51. The molecule has 0 saturated heterocycles. The highest BCUT2D eigenvalue weighted by Crippen LogP contribution is 2.30. The predicted octanol–water partition coefficient (Wildman–Crippen LogP) is 4.96. The molecule has 0 fully saturated rings. The van der Waals surface area contributed by atoms with Gasteiger partial charge in [-0.1, -0.05) is 34.6 Å². The van der Waals surface area contributed by atoms with Crippen LogP contribution in [0.15, 0.2) is 16.8 Å². The molecule has 0 amide bonds. The first kappa shape index (κ1) is 16.7. The lowest BCUT2D eigenvalue weighted by molar-refractivity contribution is 0.543. The first-order valence-electron chi connectivity index (χ1n) is 7.70. The highest BCUT2D eigenvalue weighted by molar-refractivity contribution is 7.10. The van der Waals surface area contributed by atoms with Crippen molar-refractivity contribution in [2.75, 3.05) is 6.54 Å². The molecule has 1 atom stereocenters. The van der Waals surface area contributed by atoms with Gasteiger partial charge in [-0.25, -0.2) is 4.98 Å². The molecule has 0 radical (unpaired) electrons. The Bertz CT molecular complexity index is 563. The molecule has 0 aliphatic heterocycles. The van der Waals surface area contributed by atoms with Crippen LogP contribution in [-0.2, 0) is 18.3 Å². The minimum Gasteiger partial charge on any atom is -0.309 e. The number of aromatic nitrogens is 1. The number of rotatable bonds is 6. The fourth-order valence-electron chi connectivity index (χ4n) is 2.37. The molecule has 0 aliphatic rings. The van der Waals surface area contributed by atoms with Gasteiger partial charge in [0.1, 0.15) is 0 Å². The van der Waals surface area contributed by atoms with Crippen molar-refractivity contribution in [2.45, 2.75) is 58.9 Å². The smallest absolute Gasteiger partial charge is 0.0947 e. The number of hydrogen-bond donors (Lipinski definition) is 1. The van der Waals surface area contributed by atoms with E-state index >= 15 is 0 Å². The molecule has 2 aromatic heterocycles. The van der Waals surface area contributed by atoms with Gasteiger partial charge in [0.25, 0.3) is 0 Å². The Morgan fingerprint density at radius 3 is 2.57 bits per heavy atom. The molecule has 0 aliphatic carbocycles. The van der Waals surface area contributed by atoms with E-state index in [2.05, 4.69) is 56.8 Å². The molecular weight excluding hydrogens is 296 g/mol. The maximum atomic E-state index is 4.85. The third-order valence-corrected chi connectivity index (χ3v) is 5.57. The van der Waals surface area contributed by atoms with Crippen molar-refractivity contribution >= 4 is 22.7 Å². The number of nitrogens with zero attached hydrogens (tertiary/aromatic N) is 1. The average Bonchev–Trinajstić information content (AvgIpc) is 3.05. The Labute approximate surface area is 136 Å². The molecule has 21 heavy (non-hydrogen) atoms. The molecule has 1 N–H and O–H groups in total. The molecule has 0 spiro atoms. The summed E-state index contributed by atoms with van der Waals surface area (Å²) in [7, 11) is 0. The van der Waals surface area contributed by atoms with Crippen LogP contribution in [0.4, 0.5) is 0 Å². The summed E-state index contributed by atoms with van der Waals surface area (Å²) in [6.07, 6.45) is 2.09. The van der Waals surface area contributed by atoms with Gasteiger partial charge < -0.3 is 5.32 Å². The number of thiazole rings is 1. The van der Waals surface area contributed by atoms with Crippen LogP contribution in [0.25, 0.3) is 0 Å². The average molecular weight is 323 g/mol. The summed E-state index contributed by atoms with van der Waals surface area (Å²) in [5.41, 5.74) is 2.82. The van der Waals surface area contributed by atoms with E-state index in [1.165, 1.54) is 21.1 Å². The van der Waals surface area contributed by atoms with Crippen LogP contribution in [0.3, 0.4) is 0 Å². The van der Waals surface area contributed by atoms with Crippen LogP contribution >= 0.6 is 22.7 Å². The van der Waals surface area contributed by atoms with Gasteiger partial charge in [0.2, 0.25) is 0 Å². The van der Waals surface area contributed by atoms with E-state index < -0.39 is 0 Å². The van der Waals surface area contributed by atoms with Crippen molar-refractivity contribution in [3.63, 3.8) is 0 Å². The van der Waals surface area contributed by atoms with E-state index in [0.29, 0.717) is 6.04 Å². The third-order valence-electron chi connectivity index (χ3n) is 3.63. The first-order chi connectivity index (χ1) is 9.95. The van der Waals surface area contributed by atoms with Crippen LogP contribution in [0.2, 0.25) is 0 Å². The summed E-state index contributed by atoms with van der Waals surface area (Å²) < 4.78 is 0. The molecule has 116 valence electrons. The quantitative estimate of drug-likeness (QED) is 0.813. The molecule has 2 aromatic rings. The van der Waals surface area contributed by atoms with Gasteiger partial charge in [-0.15, -0.1) is 22.7 Å². The summed E-state index contributed by atoms with van der Waals surface area (Å²) >= 11 is 3.66. The summed E-state index contributed by atoms with van der Waals surface area (Å²) in [5, 5.41) is 9.30. The number of hydrogen-bond acceptors (Lipinski definition) is 4. The number of likely N-dealkylation sites (N-methyl/N-ethyl adjacent to an activating group) is 1. The van der Waals surface area contributed by atoms with Crippen LogP contribution in [0, 0.1) is 0 Å². The summed E-state index contributed by atoms with van der Waals surface area (Å²) in [4.78, 5) is 6.33. The number of aryl methyl sites for hydroxylation is 1. The van der Waals surface area contributed by atoms with Gasteiger partial charge in [0, 0.05) is 28.1 Å². The first-order valence-corrected chi connectivity index (χ1v) is 9.46. The highest BCUT2D eigenvalue weighted by atomic mass is 32.1. The van der Waals surface area contributed by atoms with Gasteiger partial charge in [-0.3, -0.25) is 0 Å². The SMILES string of the molecule is CCNC(Cc1nc(C(C)(C)C)cs1)c1sccc1CC. The maximum Gasteiger partial charge on any atom is 0.0947 e. The van der Waals surface area contributed by atoms with Crippen molar-refractivity contribution < 1.29 is 0 Å². The molecule has 2 rings (SSSR count). The van der Waals surface area contributed by atoms with E-state index in [4.69, 9.17) is 4.98 Å². The second kappa shape index (κ2) is 7.03. The van der Waals surface area contributed by atoms with E-state index in [1.54, 1.807) is 11.3 Å². The predicted molar refractivity (Wildman–Crippen MR) is 94.6 cm³/mol. The van der Waals surface area contributed by atoms with Crippen LogP contribution in [0.5, 0.6) is 0 Å². The van der Waals surface area contributed by atoms with Gasteiger partial charge in [0.05, 0.1) is 10.7 Å². The molecule has 0 bridgehead atoms. The summed E-state index contributed by atoms with van der Waals surface area (Å²) in [6, 6.07) is 2.65. The molecule has 2 nitrogen and oxygen atoms in total. The van der Waals surface area contributed by atoms with Gasteiger partial charge >= 0.3 is 0 Å². The highest BCUT2D eigenvalue weighted by Gasteiger charge is 2.21. The Morgan fingerprint density at radius 1 is 1.24 bits per heavy atom. The molecular formula is C17H26N2S2. The standard InChI is InChI=1S/C17H26N2S2/c1-6-12-8-9-20-16(12)13(18-7-2)10-15-19-14(11-21-15)17(3,4)5/h8-9,11,13,18H,6-7,10H2,1-5H3. The van der Waals surface area contributed by atoms with Crippen LogP contribution in [-0.4, -0.2) is 11.5 Å². The normalized spacial score (nSPS) is 13.6. The van der Waals surface area contributed by atoms with E-state index in [9.17, 15) is 0 Å². The molecule has 4 heteroatoms. The van der Waals surface area contributed by atoms with E-state index in [0.717, 1.165) is 19.4 Å². The Balaban J connectivity index is 2.19. The lowest BCUT2D eigenvalue weighted by Crippen LogP contribution is -2.23. The lowest BCUT2D eigenvalue weighted by Gasteiger charge is -2.17. The molecule has 2 heterocycles. The van der Waals surface area contributed by atoms with Crippen molar-refractivity contribution in [2.24, 2.45) is 0 Å². The van der Waals surface area contributed by atoms with Crippen molar-refractivity contribution in [3.05, 3.63) is 38.0 Å². The Hall–Kier alpha value is -0.710. The summed E-state index contributed by atoms with van der Waals surface area (Å²) in [5.74, 6) is 0. The zero-order chi connectivity index (χ0) is 15.5. The second-order valence-electron chi connectivity index (χ2n) is 6.35. The largest absolute Gasteiger partial charge is 0.309 e. The minimum atomic E-state index is 0.139. The fraction of sp³-hybridized carbons (Fsp3) is 0.588. The van der Waals surface area contributed by atoms with Crippen molar-refractivity contribution in [1.82, 2.24) is 10.3 Å². The molecule has 0 aromatic carbocycles. The van der Waals surface area contributed by atoms with E-state index in [-0.39, 0.29) is 5.41 Å². The van der Waals surface area contributed by atoms with Gasteiger partial charge in [0.15, 0.2) is 0 Å². The van der Waals surface area contributed by atoms with Gasteiger partial charge in [-0.05, 0) is 30.0 Å². The minimum absolute atomic E-state index is 0.139. The van der Waals surface area contributed by atoms with Crippen LogP contribution < -0.4 is 5.32 Å². The molecule has 1 unspecified atom stereocenters. The number of thiophene rings is 1. The number of nitrogens with one attached hydrogen (secondary N) is 1. The monoisotopic (exact) mass is 322 g/mol. The van der Waals surface area contributed by atoms with Crippen molar-refractivity contribution in [1.29, 1.82) is 0 Å². The topological polar surface area (TPSA) is 24.9 Å². The zero-order valence-corrected chi connectivity index (χ0v) is 15.3. The lowest BCUT2D eigenvalue weighted by atomic mass is 9.93. The second-order valence-corrected chi connectivity index (χ2v) is 8.24. The van der Waals surface area contributed by atoms with Crippen LogP contribution in [0.1, 0.15) is 61.8 Å². The molecule has 0 saturated carbocycles. The summed E-state index contributed by atoms with van der Waals surface area (Å²) in [6.45, 7) is 12.1. The Kier molecular flexibility index (Phi) is 5.58.